The van der Waals surface area contributed by atoms with Gasteiger partial charge in [-0.25, -0.2) is 13.8 Å². The molecule has 2 saturated heterocycles. The molecule has 0 spiro atoms. The minimum atomic E-state index is -1.13. The summed E-state index contributed by atoms with van der Waals surface area (Å²) in [6.45, 7) is 2.03. The minimum Gasteiger partial charge on any atom is -0.482 e. The van der Waals surface area contributed by atoms with Crippen LogP contribution in [0.2, 0.25) is 10.0 Å². The van der Waals surface area contributed by atoms with E-state index in [1.807, 2.05) is 6.20 Å². The average molecular weight is 497 g/mol. The Labute approximate surface area is 198 Å². The van der Waals surface area contributed by atoms with Crippen molar-refractivity contribution in [2.75, 3.05) is 18.9 Å². The van der Waals surface area contributed by atoms with Gasteiger partial charge in [-0.3, -0.25) is 4.68 Å². The molecule has 0 bridgehead atoms. The lowest BCUT2D eigenvalue weighted by molar-refractivity contribution is 0.0541. The Balaban J connectivity index is 1.38. The average Bonchev–Trinajstić information content (AvgIpc) is 3.51. The van der Waals surface area contributed by atoms with Crippen LogP contribution in [0.3, 0.4) is 0 Å². The molecule has 5 rings (SSSR count). The van der Waals surface area contributed by atoms with E-state index in [9.17, 15) is 8.78 Å². The van der Waals surface area contributed by atoms with Crippen molar-refractivity contribution in [3.05, 3.63) is 58.2 Å². The monoisotopic (exact) mass is 496 g/mol. The smallest absolute Gasteiger partial charge is 0.166 e. The second-order valence-electron chi connectivity index (χ2n) is 8.01. The molecule has 0 saturated carbocycles. The van der Waals surface area contributed by atoms with E-state index in [4.69, 9.17) is 43.1 Å². The molecule has 1 aromatic carbocycles. The Hall–Kier alpha value is -2.46. The zero-order valence-corrected chi connectivity index (χ0v) is 18.9. The lowest BCUT2D eigenvalue weighted by Gasteiger charge is -2.19. The molecule has 3 aromatic rings. The number of fused-ring (bicyclic) bond motifs is 1. The standard InChI is InChI=1S/C22H20Cl2F2N4O3/c1-10(18-13(23)2-3-14(25)19(18)24)33-17-4-11(5-28-22(17)27)12-6-29-30(7-12)16-9-32-20-15(26)8-31-21(16)20/h2-7,10,15-16,20-21H,8-9H2,1H3,(H2,27,28)/t10-,15-,16?,20?,21?/m1/s1. The summed E-state index contributed by atoms with van der Waals surface area (Å²) in [6, 6.07) is 4.09. The zero-order chi connectivity index (χ0) is 23.3. The molecule has 2 aromatic heterocycles. The van der Waals surface area contributed by atoms with Crippen molar-refractivity contribution in [2.24, 2.45) is 0 Å². The predicted molar refractivity (Wildman–Crippen MR) is 119 cm³/mol. The lowest BCUT2D eigenvalue weighted by atomic mass is 10.1. The number of hydrogen-bond donors (Lipinski definition) is 1. The van der Waals surface area contributed by atoms with Gasteiger partial charge in [0.2, 0.25) is 0 Å². The number of rotatable bonds is 5. The number of nitrogens with zero attached hydrogens (tertiary/aromatic N) is 3. The van der Waals surface area contributed by atoms with Crippen LogP contribution in [0.4, 0.5) is 14.6 Å². The van der Waals surface area contributed by atoms with E-state index in [0.717, 1.165) is 5.56 Å². The number of pyridine rings is 1. The third kappa shape index (κ3) is 4.03. The third-order valence-corrected chi connectivity index (χ3v) is 6.63. The number of benzene rings is 1. The first kappa shape index (κ1) is 22.3. The summed E-state index contributed by atoms with van der Waals surface area (Å²) in [5, 5.41) is 4.58. The highest BCUT2D eigenvalue weighted by atomic mass is 35.5. The number of nitrogen functional groups attached to an aromatic ring is 1. The van der Waals surface area contributed by atoms with E-state index in [1.165, 1.54) is 12.1 Å². The van der Waals surface area contributed by atoms with E-state index in [-0.39, 0.29) is 40.4 Å². The van der Waals surface area contributed by atoms with Crippen LogP contribution < -0.4 is 10.5 Å². The van der Waals surface area contributed by atoms with Crippen LogP contribution in [0.1, 0.15) is 24.6 Å². The molecule has 2 N–H and O–H groups in total. The highest BCUT2D eigenvalue weighted by Crippen LogP contribution is 2.38. The Bertz CT molecular complexity index is 1190. The predicted octanol–water partition coefficient (Wildman–Crippen LogP) is 4.79. The highest BCUT2D eigenvalue weighted by Gasteiger charge is 2.49. The number of nitrogens with two attached hydrogens (primary N) is 1. The van der Waals surface area contributed by atoms with Crippen LogP contribution in [-0.2, 0) is 9.47 Å². The normalized spacial score (nSPS) is 25.2. The number of ether oxygens (including phenoxy) is 3. The van der Waals surface area contributed by atoms with Gasteiger partial charge >= 0.3 is 0 Å². The number of anilines is 1. The topological polar surface area (TPSA) is 84.4 Å². The molecule has 0 amide bonds. The van der Waals surface area contributed by atoms with Crippen molar-refractivity contribution in [1.29, 1.82) is 0 Å². The van der Waals surface area contributed by atoms with Gasteiger partial charge in [-0.15, -0.1) is 0 Å². The molecular formula is C22H20Cl2F2N4O3. The van der Waals surface area contributed by atoms with Crippen molar-refractivity contribution in [2.45, 2.75) is 37.4 Å². The van der Waals surface area contributed by atoms with Gasteiger partial charge in [0.1, 0.15) is 30.2 Å². The minimum absolute atomic E-state index is 0.0278. The Morgan fingerprint density at radius 2 is 1.97 bits per heavy atom. The van der Waals surface area contributed by atoms with Crippen LogP contribution in [0.15, 0.2) is 36.8 Å². The SMILES string of the molecule is C[C@@H](Oc1cc(-c2cnn(C3COC4C3OC[C@H]4F)c2)cnc1N)c1c(Cl)ccc(F)c1Cl. The van der Waals surface area contributed by atoms with Crippen LogP contribution in [0.25, 0.3) is 11.1 Å². The zero-order valence-electron chi connectivity index (χ0n) is 17.4. The van der Waals surface area contributed by atoms with Crippen molar-refractivity contribution >= 4 is 29.0 Å². The second-order valence-corrected chi connectivity index (χ2v) is 8.80. The number of alkyl halides is 1. The van der Waals surface area contributed by atoms with Crippen LogP contribution in [0.5, 0.6) is 5.75 Å². The van der Waals surface area contributed by atoms with Crippen molar-refractivity contribution in [3.63, 3.8) is 0 Å². The first-order valence-electron chi connectivity index (χ1n) is 10.3. The Morgan fingerprint density at radius 1 is 1.18 bits per heavy atom. The van der Waals surface area contributed by atoms with E-state index in [2.05, 4.69) is 10.1 Å². The largest absolute Gasteiger partial charge is 0.482 e. The van der Waals surface area contributed by atoms with Crippen LogP contribution >= 0.6 is 23.2 Å². The molecule has 11 heteroatoms. The summed E-state index contributed by atoms with van der Waals surface area (Å²) in [5.74, 6) is -0.156. The molecule has 5 atom stereocenters. The van der Waals surface area contributed by atoms with Gasteiger partial charge < -0.3 is 19.9 Å². The molecule has 0 radical (unpaired) electrons. The van der Waals surface area contributed by atoms with E-state index in [1.54, 1.807) is 30.1 Å². The lowest BCUT2D eigenvalue weighted by Crippen LogP contribution is -2.28. The Kier molecular flexibility index (Phi) is 5.90. The van der Waals surface area contributed by atoms with Crippen LogP contribution in [-0.4, -0.2) is 46.4 Å². The number of halogens is 4. The highest BCUT2D eigenvalue weighted by molar-refractivity contribution is 6.36. The van der Waals surface area contributed by atoms with Crippen molar-refractivity contribution < 1.29 is 23.0 Å². The van der Waals surface area contributed by atoms with Gasteiger partial charge in [-0.1, -0.05) is 23.2 Å². The number of hydrogen-bond acceptors (Lipinski definition) is 6. The molecule has 174 valence electrons. The van der Waals surface area contributed by atoms with Crippen LogP contribution in [0, 0.1) is 5.82 Å². The molecule has 2 fully saturated rings. The first-order chi connectivity index (χ1) is 15.8. The maximum atomic E-state index is 13.9. The van der Waals surface area contributed by atoms with Crippen molar-refractivity contribution in [1.82, 2.24) is 14.8 Å². The summed E-state index contributed by atoms with van der Waals surface area (Å²) in [7, 11) is 0. The summed E-state index contributed by atoms with van der Waals surface area (Å²) in [6.07, 6.45) is 2.30. The molecule has 4 heterocycles. The fourth-order valence-electron chi connectivity index (χ4n) is 4.20. The van der Waals surface area contributed by atoms with E-state index in [0.29, 0.717) is 17.7 Å². The van der Waals surface area contributed by atoms with Gasteiger partial charge in [-0.05, 0) is 25.1 Å². The van der Waals surface area contributed by atoms with Gasteiger partial charge in [0.15, 0.2) is 17.7 Å². The second kappa shape index (κ2) is 8.72. The summed E-state index contributed by atoms with van der Waals surface area (Å²) in [5.41, 5.74) is 7.77. The molecule has 3 unspecified atom stereocenters. The molecule has 0 aliphatic carbocycles. The fraction of sp³-hybridized carbons (Fsp3) is 0.364. The van der Waals surface area contributed by atoms with E-state index < -0.39 is 24.2 Å². The molecule has 33 heavy (non-hydrogen) atoms. The fourth-order valence-corrected chi connectivity index (χ4v) is 4.88. The van der Waals surface area contributed by atoms with Gasteiger partial charge in [-0.2, -0.15) is 5.10 Å². The third-order valence-electron chi connectivity index (χ3n) is 5.91. The van der Waals surface area contributed by atoms with Gasteiger partial charge in [0, 0.05) is 34.1 Å². The van der Waals surface area contributed by atoms with Gasteiger partial charge in [0.05, 0.1) is 24.4 Å². The Morgan fingerprint density at radius 3 is 2.79 bits per heavy atom. The molecule has 7 nitrogen and oxygen atoms in total. The van der Waals surface area contributed by atoms with E-state index >= 15 is 0 Å². The first-order valence-corrected chi connectivity index (χ1v) is 11.1. The maximum absolute atomic E-state index is 13.9. The molecule has 2 aliphatic rings. The van der Waals surface area contributed by atoms with Gasteiger partial charge in [0.25, 0.3) is 0 Å². The van der Waals surface area contributed by atoms with Crippen molar-refractivity contribution in [3.8, 4) is 16.9 Å². The number of aromatic nitrogens is 3. The molecular weight excluding hydrogens is 477 g/mol. The molecule has 2 aliphatic heterocycles. The summed E-state index contributed by atoms with van der Waals surface area (Å²) in [4.78, 5) is 4.21. The quantitative estimate of drug-likeness (QED) is 0.511. The maximum Gasteiger partial charge on any atom is 0.166 e. The summed E-state index contributed by atoms with van der Waals surface area (Å²) < 4.78 is 46.6. The summed E-state index contributed by atoms with van der Waals surface area (Å²) >= 11 is 12.3.